The second-order valence-corrected chi connectivity index (χ2v) is 7.46. The van der Waals surface area contributed by atoms with Gasteiger partial charge in [-0.05, 0) is 37.9 Å². The zero-order valence-electron chi connectivity index (χ0n) is 15.3. The van der Waals surface area contributed by atoms with Gasteiger partial charge in [-0.3, -0.25) is 9.59 Å². The Morgan fingerprint density at radius 2 is 2.00 bits per heavy atom. The molecular formula is C19H25ClN4O2S. The molecule has 1 aromatic heterocycles. The first-order chi connectivity index (χ1) is 12.6. The third kappa shape index (κ3) is 5.28. The summed E-state index contributed by atoms with van der Waals surface area (Å²) in [7, 11) is 0. The number of hydrogen-bond acceptors (Lipinski definition) is 5. The fourth-order valence-electron chi connectivity index (χ4n) is 3.13. The fraction of sp³-hybridized carbons (Fsp3) is 0.421. The molecule has 0 atom stereocenters. The second kappa shape index (κ2) is 9.82. The van der Waals surface area contributed by atoms with Crippen LogP contribution in [0.15, 0.2) is 29.6 Å². The lowest BCUT2D eigenvalue weighted by atomic mass is 10.0. The van der Waals surface area contributed by atoms with Crippen molar-refractivity contribution in [3.05, 3.63) is 51.5 Å². The molecule has 1 aromatic carbocycles. The van der Waals surface area contributed by atoms with E-state index in [1.54, 1.807) is 5.38 Å². The van der Waals surface area contributed by atoms with Gasteiger partial charge < -0.3 is 16.0 Å². The third-order valence-corrected chi connectivity index (χ3v) is 5.54. The number of thiazole rings is 1. The summed E-state index contributed by atoms with van der Waals surface area (Å²) in [6.07, 6.45) is 2.21. The molecule has 27 heavy (non-hydrogen) atoms. The molecule has 0 bridgehead atoms. The average molecular weight is 409 g/mol. The van der Waals surface area contributed by atoms with Crippen LogP contribution in [0.2, 0.25) is 0 Å². The van der Waals surface area contributed by atoms with Gasteiger partial charge in [0.2, 0.25) is 0 Å². The van der Waals surface area contributed by atoms with Crippen molar-refractivity contribution in [3.63, 3.8) is 0 Å². The van der Waals surface area contributed by atoms with E-state index in [0.29, 0.717) is 37.3 Å². The van der Waals surface area contributed by atoms with E-state index in [-0.39, 0.29) is 30.3 Å². The number of likely N-dealkylation sites (tertiary alicyclic amines) is 1. The molecule has 1 aliphatic heterocycles. The predicted molar refractivity (Wildman–Crippen MR) is 110 cm³/mol. The van der Waals surface area contributed by atoms with Crippen molar-refractivity contribution in [1.29, 1.82) is 0 Å². The Morgan fingerprint density at radius 3 is 2.67 bits per heavy atom. The summed E-state index contributed by atoms with van der Waals surface area (Å²) in [6.45, 7) is 3.72. The zero-order chi connectivity index (χ0) is 18.5. The Bertz CT molecular complexity index is 788. The summed E-state index contributed by atoms with van der Waals surface area (Å²) in [6, 6.07) is 7.66. The number of aromatic nitrogens is 1. The lowest BCUT2D eigenvalue weighted by Gasteiger charge is -2.32. The van der Waals surface area contributed by atoms with Crippen molar-refractivity contribution in [3.8, 4) is 0 Å². The molecule has 6 nitrogen and oxygen atoms in total. The van der Waals surface area contributed by atoms with Crippen molar-refractivity contribution in [2.45, 2.75) is 32.2 Å². The molecule has 0 radical (unpaired) electrons. The Hall–Kier alpha value is -1.96. The summed E-state index contributed by atoms with van der Waals surface area (Å²) >= 11 is 1.48. The minimum atomic E-state index is -0.0428. The van der Waals surface area contributed by atoms with Gasteiger partial charge in [-0.15, -0.1) is 23.7 Å². The second-order valence-electron chi connectivity index (χ2n) is 6.52. The van der Waals surface area contributed by atoms with Crippen molar-refractivity contribution in [2.75, 3.05) is 19.6 Å². The van der Waals surface area contributed by atoms with Gasteiger partial charge in [0.15, 0.2) is 0 Å². The summed E-state index contributed by atoms with van der Waals surface area (Å²) in [4.78, 5) is 31.2. The number of amides is 2. The van der Waals surface area contributed by atoms with Crippen molar-refractivity contribution >= 4 is 35.6 Å². The standard InChI is InChI=1S/C19H24N4O2S.ClH/c1-13-4-2-3-5-15(13)18(24)21-14-7-10-23(11-8-14)19(25)16-12-26-17(22-16)6-9-20;/h2-5,12,14H,6-11,20H2,1H3,(H,21,24);1H. The topological polar surface area (TPSA) is 88.3 Å². The number of carbonyl (C=O) groups is 2. The van der Waals surface area contributed by atoms with Crippen LogP contribution in [0.4, 0.5) is 0 Å². The molecule has 3 N–H and O–H groups in total. The number of rotatable bonds is 5. The van der Waals surface area contributed by atoms with Crippen LogP contribution >= 0.6 is 23.7 Å². The van der Waals surface area contributed by atoms with Crippen molar-refractivity contribution < 1.29 is 9.59 Å². The monoisotopic (exact) mass is 408 g/mol. The molecule has 0 saturated carbocycles. The van der Waals surface area contributed by atoms with E-state index in [9.17, 15) is 9.59 Å². The van der Waals surface area contributed by atoms with E-state index in [2.05, 4.69) is 10.3 Å². The molecule has 0 spiro atoms. The number of benzene rings is 1. The maximum atomic E-state index is 12.6. The summed E-state index contributed by atoms with van der Waals surface area (Å²) < 4.78 is 0. The van der Waals surface area contributed by atoms with Crippen LogP contribution in [0.1, 0.15) is 44.3 Å². The first-order valence-corrected chi connectivity index (χ1v) is 9.76. The first kappa shape index (κ1) is 21.3. The molecule has 2 amide bonds. The number of nitrogens with one attached hydrogen (secondary N) is 1. The van der Waals surface area contributed by atoms with Crippen LogP contribution < -0.4 is 11.1 Å². The Labute approximate surface area is 169 Å². The SMILES string of the molecule is Cc1ccccc1C(=O)NC1CCN(C(=O)c2csc(CCN)n2)CC1.Cl. The maximum absolute atomic E-state index is 12.6. The van der Waals surface area contributed by atoms with E-state index in [1.165, 1.54) is 11.3 Å². The highest BCUT2D eigenvalue weighted by Crippen LogP contribution is 2.17. The first-order valence-electron chi connectivity index (χ1n) is 8.88. The largest absolute Gasteiger partial charge is 0.349 e. The van der Waals surface area contributed by atoms with Gasteiger partial charge in [0, 0.05) is 36.5 Å². The summed E-state index contributed by atoms with van der Waals surface area (Å²) in [5.74, 6) is -0.0768. The molecule has 146 valence electrons. The maximum Gasteiger partial charge on any atom is 0.273 e. The van der Waals surface area contributed by atoms with E-state index in [0.717, 1.165) is 23.4 Å². The molecule has 8 heteroatoms. The molecule has 1 saturated heterocycles. The van der Waals surface area contributed by atoms with Crippen molar-refractivity contribution in [2.24, 2.45) is 5.73 Å². The quantitative estimate of drug-likeness (QED) is 0.795. The van der Waals surface area contributed by atoms with Crippen LogP contribution in [-0.2, 0) is 6.42 Å². The molecule has 3 rings (SSSR count). The molecule has 1 aliphatic rings. The lowest BCUT2D eigenvalue weighted by molar-refractivity contribution is 0.0693. The van der Waals surface area contributed by atoms with Crippen molar-refractivity contribution in [1.82, 2.24) is 15.2 Å². The number of carbonyl (C=O) groups excluding carboxylic acids is 2. The molecular weight excluding hydrogens is 384 g/mol. The third-order valence-electron chi connectivity index (χ3n) is 4.64. The number of piperidine rings is 1. The van der Waals surface area contributed by atoms with E-state index >= 15 is 0 Å². The Kier molecular flexibility index (Phi) is 7.77. The number of nitrogens with two attached hydrogens (primary N) is 1. The van der Waals surface area contributed by atoms with Crippen LogP contribution in [-0.4, -0.2) is 47.4 Å². The fourth-order valence-corrected chi connectivity index (χ4v) is 3.92. The predicted octanol–water partition coefficient (Wildman–Crippen LogP) is 2.41. The average Bonchev–Trinajstić information content (AvgIpc) is 3.11. The minimum absolute atomic E-state index is 0. The van der Waals surface area contributed by atoms with E-state index < -0.39 is 0 Å². The number of halogens is 1. The van der Waals surface area contributed by atoms with Gasteiger partial charge >= 0.3 is 0 Å². The lowest BCUT2D eigenvalue weighted by Crippen LogP contribution is -2.46. The molecule has 0 aliphatic carbocycles. The normalized spacial score (nSPS) is 14.5. The highest BCUT2D eigenvalue weighted by Gasteiger charge is 2.26. The zero-order valence-corrected chi connectivity index (χ0v) is 16.9. The van der Waals surface area contributed by atoms with Gasteiger partial charge in [0.25, 0.3) is 11.8 Å². The van der Waals surface area contributed by atoms with Gasteiger partial charge in [-0.1, -0.05) is 18.2 Å². The van der Waals surface area contributed by atoms with Gasteiger partial charge in [0.05, 0.1) is 5.01 Å². The summed E-state index contributed by atoms with van der Waals surface area (Å²) in [5.41, 5.74) is 7.71. The molecule has 1 fully saturated rings. The van der Waals surface area contributed by atoms with Gasteiger partial charge in [-0.25, -0.2) is 4.98 Å². The Balaban J connectivity index is 0.00000261. The van der Waals surface area contributed by atoms with E-state index in [4.69, 9.17) is 5.73 Å². The Morgan fingerprint density at radius 1 is 1.30 bits per heavy atom. The highest BCUT2D eigenvalue weighted by molar-refractivity contribution is 7.09. The molecule has 0 unspecified atom stereocenters. The minimum Gasteiger partial charge on any atom is -0.349 e. The van der Waals surface area contributed by atoms with Crippen LogP contribution in [0, 0.1) is 6.92 Å². The molecule has 2 aromatic rings. The van der Waals surface area contributed by atoms with Crippen LogP contribution in [0.25, 0.3) is 0 Å². The van der Waals surface area contributed by atoms with E-state index in [1.807, 2.05) is 36.1 Å². The van der Waals surface area contributed by atoms with Gasteiger partial charge in [0.1, 0.15) is 5.69 Å². The van der Waals surface area contributed by atoms with Crippen LogP contribution in [0.3, 0.4) is 0 Å². The summed E-state index contributed by atoms with van der Waals surface area (Å²) in [5, 5.41) is 5.80. The smallest absolute Gasteiger partial charge is 0.273 e. The number of hydrogen-bond donors (Lipinski definition) is 2. The van der Waals surface area contributed by atoms with Gasteiger partial charge in [-0.2, -0.15) is 0 Å². The molecule has 2 heterocycles. The number of nitrogens with zero attached hydrogens (tertiary/aromatic N) is 2. The highest BCUT2D eigenvalue weighted by atomic mass is 35.5. The number of aryl methyl sites for hydroxylation is 1. The van der Waals surface area contributed by atoms with Crippen LogP contribution in [0.5, 0.6) is 0 Å².